The molecule has 2 heterocycles. The van der Waals surface area contributed by atoms with Gasteiger partial charge in [0.05, 0.1) is 0 Å². The van der Waals surface area contributed by atoms with Crippen molar-refractivity contribution in [1.82, 2.24) is 19.4 Å². The molecule has 0 unspecified atom stereocenters. The van der Waals surface area contributed by atoms with E-state index in [9.17, 15) is 13.2 Å². The third-order valence-corrected chi connectivity index (χ3v) is 7.89. The van der Waals surface area contributed by atoms with Crippen molar-refractivity contribution < 1.29 is 13.2 Å². The van der Waals surface area contributed by atoms with Gasteiger partial charge in [0, 0.05) is 38.3 Å². The third-order valence-electron chi connectivity index (χ3n) is 4.80. The van der Waals surface area contributed by atoms with Crippen LogP contribution in [0.4, 0.5) is 5.13 Å². The molecule has 0 bridgehead atoms. The van der Waals surface area contributed by atoms with Gasteiger partial charge in [0.2, 0.25) is 9.47 Å². The Hall–Kier alpha value is -2.66. The maximum atomic E-state index is 12.9. The number of hydrogen-bond donors (Lipinski definition) is 1. The van der Waals surface area contributed by atoms with E-state index in [1.165, 1.54) is 9.87 Å². The third kappa shape index (κ3) is 4.73. The molecule has 0 aliphatic carbocycles. The first kappa shape index (κ1) is 20.6. The smallest absolute Gasteiger partial charge is 0.272 e. The minimum Gasteiger partial charge on any atom is -0.296 e. The Labute approximate surface area is 179 Å². The van der Waals surface area contributed by atoms with Gasteiger partial charge in [0.25, 0.3) is 15.9 Å². The van der Waals surface area contributed by atoms with E-state index in [0.717, 1.165) is 17.9 Å². The number of rotatable bonds is 6. The lowest BCUT2D eigenvalue weighted by atomic mass is 10.2. The van der Waals surface area contributed by atoms with Crippen molar-refractivity contribution in [2.24, 2.45) is 0 Å². The number of carbonyl (C=O) groups is 1. The molecule has 3 aromatic rings. The minimum absolute atomic E-state index is 0.109. The predicted octanol–water partition coefficient (Wildman–Crippen LogP) is 2.30. The summed E-state index contributed by atoms with van der Waals surface area (Å²) in [7, 11) is -3.74. The van der Waals surface area contributed by atoms with Crippen molar-refractivity contribution in [3.8, 4) is 0 Å². The van der Waals surface area contributed by atoms with Crippen molar-refractivity contribution in [1.29, 1.82) is 0 Å². The lowest BCUT2D eigenvalue weighted by Gasteiger charge is -2.33. The molecule has 1 aromatic heterocycles. The SMILES string of the molecule is O=C(Nc1nnc(S(=O)(=O)N2CCN(Cc3ccccc3)CC2)s1)c1ccccc1. The number of aromatic nitrogens is 2. The van der Waals surface area contributed by atoms with Crippen LogP contribution in [-0.4, -0.2) is 59.9 Å². The molecule has 1 fully saturated rings. The van der Waals surface area contributed by atoms with E-state index >= 15 is 0 Å². The average Bonchev–Trinajstić information content (AvgIpc) is 3.25. The maximum absolute atomic E-state index is 12.9. The number of amides is 1. The average molecular weight is 444 g/mol. The topological polar surface area (TPSA) is 95.5 Å². The number of piperazine rings is 1. The Kier molecular flexibility index (Phi) is 6.18. The molecule has 1 aliphatic heterocycles. The Morgan fingerprint density at radius 1 is 0.933 bits per heavy atom. The summed E-state index contributed by atoms with van der Waals surface area (Å²) in [6.07, 6.45) is 0. The molecular formula is C20H21N5O3S2. The first-order chi connectivity index (χ1) is 14.5. The van der Waals surface area contributed by atoms with Gasteiger partial charge < -0.3 is 0 Å². The van der Waals surface area contributed by atoms with Crippen LogP contribution in [0.15, 0.2) is 65.0 Å². The second-order valence-electron chi connectivity index (χ2n) is 6.86. The zero-order valence-electron chi connectivity index (χ0n) is 16.1. The molecule has 1 N–H and O–H groups in total. The number of nitrogens with one attached hydrogen (secondary N) is 1. The van der Waals surface area contributed by atoms with E-state index in [0.29, 0.717) is 31.7 Å². The predicted molar refractivity (Wildman–Crippen MR) is 115 cm³/mol. The quantitative estimate of drug-likeness (QED) is 0.588. The van der Waals surface area contributed by atoms with Crippen molar-refractivity contribution in [2.45, 2.75) is 10.9 Å². The molecule has 4 rings (SSSR count). The summed E-state index contributed by atoms with van der Waals surface area (Å²) >= 11 is 0.862. The fraction of sp³-hybridized carbons (Fsp3) is 0.250. The molecule has 1 aliphatic rings. The van der Waals surface area contributed by atoms with Gasteiger partial charge in [-0.2, -0.15) is 4.31 Å². The van der Waals surface area contributed by atoms with E-state index < -0.39 is 10.0 Å². The van der Waals surface area contributed by atoms with Crippen LogP contribution in [0.5, 0.6) is 0 Å². The molecule has 10 heteroatoms. The highest BCUT2D eigenvalue weighted by atomic mass is 32.2. The van der Waals surface area contributed by atoms with Crippen LogP contribution in [-0.2, 0) is 16.6 Å². The van der Waals surface area contributed by atoms with Crippen LogP contribution < -0.4 is 5.32 Å². The normalized spacial score (nSPS) is 15.7. The van der Waals surface area contributed by atoms with E-state index in [4.69, 9.17) is 0 Å². The molecule has 156 valence electrons. The summed E-state index contributed by atoms with van der Waals surface area (Å²) in [6, 6.07) is 18.8. The summed E-state index contributed by atoms with van der Waals surface area (Å²) in [6.45, 7) is 2.86. The van der Waals surface area contributed by atoms with E-state index in [2.05, 4.69) is 32.5 Å². The largest absolute Gasteiger partial charge is 0.296 e. The highest BCUT2D eigenvalue weighted by Gasteiger charge is 2.31. The van der Waals surface area contributed by atoms with E-state index in [1.807, 2.05) is 24.3 Å². The first-order valence-electron chi connectivity index (χ1n) is 9.49. The second kappa shape index (κ2) is 9.00. The fourth-order valence-electron chi connectivity index (χ4n) is 3.20. The van der Waals surface area contributed by atoms with Gasteiger partial charge in [-0.25, -0.2) is 8.42 Å². The highest BCUT2D eigenvalue weighted by molar-refractivity contribution is 7.91. The van der Waals surface area contributed by atoms with Crippen molar-refractivity contribution in [3.63, 3.8) is 0 Å². The molecule has 1 amide bonds. The van der Waals surface area contributed by atoms with Crippen LogP contribution in [0.3, 0.4) is 0 Å². The van der Waals surface area contributed by atoms with E-state index in [-0.39, 0.29) is 15.4 Å². The van der Waals surface area contributed by atoms with Crippen LogP contribution in [0.1, 0.15) is 15.9 Å². The maximum Gasteiger partial charge on any atom is 0.272 e. The summed E-state index contributed by atoms with van der Waals surface area (Å²) in [5.41, 5.74) is 1.67. The number of hydrogen-bond acceptors (Lipinski definition) is 7. The summed E-state index contributed by atoms with van der Waals surface area (Å²) < 4.78 is 27.2. The lowest BCUT2D eigenvalue weighted by molar-refractivity contribution is 0.102. The van der Waals surface area contributed by atoms with Gasteiger partial charge in [-0.3, -0.25) is 15.0 Å². The lowest BCUT2D eigenvalue weighted by Crippen LogP contribution is -2.48. The molecule has 1 saturated heterocycles. The minimum atomic E-state index is -3.74. The van der Waals surface area contributed by atoms with Crippen molar-refractivity contribution >= 4 is 32.4 Å². The van der Waals surface area contributed by atoms with Crippen LogP contribution >= 0.6 is 11.3 Å². The number of benzene rings is 2. The Bertz CT molecular complexity index is 1100. The Morgan fingerprint density at radius 2 is 1.57 bits per heavy atom. The van der Waals surface area contributed by atoms with Gasteiger partial charge in [-0.05, 0) is 17.7 Å². The summed E-state index contributed by atoms with van der Waals surface area (Å²) in [5.74, 6) is -0.356. The summed E-state index contributed by atoms with van der Waals surface area (Å²) in [4.78, 5) is 14.5. The highest BCUT2D eigenvalue weighted by Crippen LogP contribution is 2.25. The van der Waals surface area contributed by atoms with Gasteiger partial charge in [0.1, 0.15) is 0 Å². The summed E-state index contributed by atoms with van der Waals surface area (Å²) in [5, 5.41) is 10.4. The Morgan fingerprint density at radius 3 is 2.23 bits per heavy atom. The van der Waals surface area contributed by atoms with Gasteiger partial charge in [0.15, 0.2) is 0 Å². The first-order valence-corrected chi connectivity index (χ1v) is 11.7. The molecule has 0 atom stereocenters. The van der Waals surface area contributed by atoms with Crippen LogP contribution in [0, 0.1) is 0 Å². The van der Waals surface area contributed by atoms with Crippen molar-refractivity contribution in [2.75, 3.05) is 31.5 Å². The molecular weight excluding hydrogens is 422 g/mol. The van der Waals surface area contributed by atoms with Gasteiger partial charge in [-0.1, -0.05) is 59.9 Å². The number of nitrogens with zero attached hydrogens (tertiary/aromatic N) is 4. The van der Waals surface area contributed by atoms with Gasteiger partial charge in [-0.15, -0.1) is 10.2 Å². The fourth-order valence-corrected chi connectivity index (χ4v) is 5.66. The standard InChI is InChI=1S/C20H21N5O3S2/c26-18(17-9-5-2-6-10-17)21-19-22-23-20(29-19)30(27,28)25-13-11-24(12-14-25)15-16-7-3-1-4-8-16/h1-10H,11-15H2,(H,21,22,26). The number of anilines is 1. The molecule has 0 radical (unpaired) electrons. The van der Waals surface area contributed by atoms with Crippen molar-refractivity contribution in [3.05, 3.63) is 71.8 Å². The van der Waals surface area contributed by atoms with E-state index in [1.54, 1.807) is 24.3 Å². The molecule has 0 saturated carbocycles. The second-order valence-corrected chi connectivity index (χ2v) is 9.95. The van der Waals surface area contributed by atoms with Gasteiger partial charge >= 0.3 is 0 Å². The monoisotopic (exact) mass is 443 g/mol. The van der Waals surface area contributed by atoms with Crippen LogP contribution in [0.25, 0.3) is 0 Å². The zero-order valence-corrected chi connectivity index (χ0v) is 17.8. The number of carbonyl (C=O) groups excluding carboxylic acids is 1. The number of sulfonamides is 1. The molecule has 2 aromatic carbocycles. The molecule has 30 heavy (non-hydrogen) atoms. The molecule has 0 spiro atoms. The molecule has 8 nitrogen and oxygen atoms in total. The zero-order chi connectivity index (χ0) is 21.0. The Balaban J connectivity index is 1.37. The van der Waals surface area contributed by atoms with Crippen LogP contribution in [0.2, 0.25) is 0 Å².